The third-order valence-corrected chi connectivity index (χ3v) is 4.65. The largest absolute Gasteiger partial charge is 0.493 e. The number of carbonyl (C=O) groups excluding carboxylic acids is 1. The number of urea groups is 1. The molecule has 0 spiro atoms. The molecule has 0 unspecified atom stereocenters. The summed E-state index contributed by atoms with van der Waals surface area (Å²) in [7, 11) is 3.23. The number of fused-ring (bicyclic) bond motifs is 1. The van der Waals surface area contributed by atoms with Crippen molar-refractivity contribution in [3.05, 3.63) is 59.9 Å². The highest BCUT2D eigenvalue weighted by Crippen LogP contribution is 2.36. The van der Waals surface area contributed by atoms with Crippen LogP contribution in [0.15, 0.2) is 53.7 Å². The van der Waals surface area contributed by atoms with Crippen LogP contribution in [-0.4, -0.2) is 31.4 Å². The highest BCUT2D eigenvalue weighted by molar-refractivity contribution is 6.21. The summed E-state index contributed by atoms with van der Waals surface area (Å²) in [6.07, 6.45) is 5.75. The van der Waals surface area contributed by atoms with Crippen molar-refractivity contribution in [2.24, 2.45) is 10.7 Å². The number of ether oxygens (including phenoxy) is 2. The third-order valence-electron chi connectivity index (χ3n) is 4.65. The van der Waals surface area contributed by atoms with Gasteiger partial charge in [-0.2, -0.15) is 0 Å². The van der Waals surface area contributed by atoms with Gasteiger partial charge in [0.1, 0.15) is 0 Å². The van der Waals surface area contributed by atoms with E-state index >= 15 is 0 Å². The summed E-state index contributed by atoms with van der Waals surface area (Å²) in [5, 5.41) is 2.59. The van der Waals surface area contributed by atoms with Crippen LogP contribution in [0, 0.1) is 0 Å². The van der Waals surface area contributed by atoms with E-state index in [1.54, 1.807) is 26.5 Å². The lowest BCUT2D eigenvalue weighted by Gasteiger charge is -2.08. The van der Waals surface area contributed by atoms with E-state index < -0.39 is 6.03 Å². The smallest absolute Gasteiger partial charge is 0.316 e. The molecule has 146 valence electrons. The van der Waals surface area contributed by atoms with Crippen LogP contribution in [0.5, 0.6) is 11.5 Å². The Morgan fingerprint density at radius 1 is 1.07 bits per heavy atom. The molecule has 29 heavy (non-hydrogen) atoms. The van der Waals surface area contributed by atoms with Gasteiger partial charge in [-0.25, -0.2) is 4.79 Å². The molecule has 0 saturated heterocycles. The molecular weight excluding hydrogens is 368 g/mol. The van der Waals surface area contributed by atoms with Crippen LogP contribution >= 0.6 is 0 Å². The zero-order valence-corrected chi connectivity index (χ0v) is 16.0. The molecule has 0 bridgehead atoms. The van der Waals surface area contributed by atoms with Crippen molar-refractivity contribution in [1.29, 1.82) is 0 Å². The standard InChI is InChI=1S/C22H20N4O3/c1-28-20-6-3-13(9-21(20)29-2)14-7-17(24-11-14)8-15-12-25-19-5-4-16(10-18(15)19)26-22(23)27/h3-12,24H,1-2H3,(H3,23,26,27). The lowest BCUT2D eigenvalue weighted by atomic mass is 10.0. The van der Waals surface area contributed by atoms with Crippen LogP contribution in [-0.2, 0) is 0 Å². The number of carbonyl (C=O) groups is 1. The van der Waals surface area contributed by atoms with Crippen LogP contribution in [0.25, 0.3) is 22.8 Å². The number of H-pyrrole nitrogens is 1. The van der Waals surface area contributed by atoms with Crippen molar-refractivity contribution < 1.29 is 14.3 Å². The molecule has 7 heteroatoms. The van der Waals surface area contributed by atoms with E-state index in [-0.39, 0.29) is 0 Å². The van der Waals surface area contributed by atoms with Crippen molar-refractivity contribution in [3.63, 3.8) is 0 Å². The number of hydrogen-bond acceptors (Lipinski definition) is 4. The van der Waals surface area contributed by atoms with Gasteiger partial charge in [0.2, 0.25) is 0 Å². The highest BCUT2D eigenvalue weighted by Gasteiger charge is 2.14. The summed E-state index contributed by atoms with van der Waals surface area (Å²) >= 11 is 0. The molecule has 1 aliphatic rings. The Balaban J connectivity index is 1.63. The van der Waals surface area contributed by atoms with E-state index in [2.05, 4.69) is 15.3 Å². The molecule has 0 aliphatic carbocycles. The Morgan fingerprint density at radius 2 is 1.90 bits per heavy atom. The van der Waals surface area contributed by atoms with Gasteiger partial charge in [0.15, 0.2) is 11.5 Å². The number of anilines is 1. The van der Waals surface area contributed by atoms with Gasteiger partial charge in [-0.05, 0) is 53.6 Å². The van der Waals surface area contributed by atoms with E-state index in [1.807, 2.05) is 48.7 Å². The average Bonchev–Trinajstić information content (AvgIpc) is 3.34. The fraction of sp³-hybridized carbons (Fsp3) is 0.0909. The lowest BCUT2D eigenvalue weighted by molar-refractivity contribution is 0.259. The first-order valence-electron chi connectivity index (χ1n) is 8.95. The van der Waals surface area contributed by atoms with E-state index in [1.165, 1.54) is 0 Å². The summed E-state index contributed by atoms with van der Waals surface area (Å²) in [4.78, 5) is 18.8. The number of amides is 2. The predicted molar refractivity (Wildman–Crippen MR) is 115 cm³/mol. The maximum absolute atomic E-state index is 11.1. The Labute approximate surface area is 167 Å². The van der Waals surface area contributed by atoms with Gasteiger partial charge in [-0.3, -0.25) is 4.99 Å². The Kier molecular flexibility index (Phi) is 4.78. The first kappa shape index (κ1) is 18.4. The van der Waals surface area contributed by atoms with Gasteiger partial charge in [0.25, 0.3) is 0 Å². The fourth-order valence-electron chi connectivity index (χ4n) is 3.27. The number of benzene rings is 2. The van der Waals surface area contributed by atoms with Crippen LogP contribution in [0.2, 0.25) is 0 Å². The molecule has 0 fully saturated rings. The molecule has 1 aromatic heterocycles. The molecular formula is C22H20N4O3. The van der Waals surface area contributed by atoms with Crippen molar-refractivity contribution >= 4 is 35.3 Å². The van der Waals surface area contributed by atoms with Gasteiger partial charge >= 0.3 is 6.03 Å². The number of nitrogens with zero attached hydrogens (tertiary/aromatic N) is 1. The van der Waals surface area contributed by atoms with Gasteiger partial charge in [-0.1, -0.05) is 6.07 Å². The van der Waals surface area contributed by atoms with Crippen molar-refractivity contribution in [1.82, 2.24) is 4.98 Å². The minimum Gasteiger partial charge on any atom is -0.493 e. The van der Waals surface area contributed by atoms with Crippen LogP contribution < -0.4 is 20.5 Å². The second-order valence-corrected chi connectivity index (χ2v) is 6.49. The second kappa shape index (κ2) is 7.55. The summed E-state index contributed by atoms with van der Waals surface area (Å²) in [6.45, 7) is 0. The molecule has 1 aliphatic heterocycles. The monoisotopic (exact) mass is 388 g/mol. The first-order chi connectivity index (χ1) is 14.1. The zero-order valence-electron chi connectivity index (χ0n) is 16.0. The van der Waals surface area contributed by atoms with E-state index in [0.717, 1.165) is 33.6 Å². The number of aromatic nitrogens is 1. The number of primary amides is 1. The predicted octanol–water partition coefficient (Wildman–Crippen LogP) is 4.45. The number of nitrogens with two attached hydrogens (primary N) is 1. The molecule has 2 heterocycles. The Bertz CT molecular complexity index is 1140. The van der Waals surface area contributed by atoms with Gasteiger partial charge in [0.05, 0.1) is 19.9 Å². The number of hydrogen-bond donors (Lipinski definition) is 3. The summed E-state index contributed by atoms with van der Waals surface area (Å²) in [6, 6.07) is 12.7. The maximum atomic E-state index is 11.1. The number of methoxy groups -OCH3 is 2. The topological polar surface area (TPSA) is 102 Å². The molecule has 7 nitrogen and oxygen atoms in total. The number of allylic oxidation sites excluding steroid dienone is 1. The van der Waals surface area contributed by atoms with E-state index in [0.29, 0.717) is 17.2 Å². The minimum absolute atomic E-state index is 0.599. The minimum atomic E-state index is -0.599. The van der Waals surface area contributed by atoms with Crippen molar-refractivity contribution in [3.8, 4) is 22.6 Å². The second-order valence-electron chi connectivity index (χ2n) is 6.49. The normalized spacial score (nSPS) is 13.4. The molecule has 4 N–H and O–H groups in total. The molecule has 0 atom stereocenters. The summed E-state index contributed by atoms with van der Waals surface area (Å²) in [5.74, 6) is 1.37. The number of aromatic amines is 1. The van der Waals surface area contributed by atoms with E-state index in [4.69, 9.17) is 15.2 Å². The van der Waals surface area contributed by atoms with Crippen LogP contribution in [0.4, 0.5) is 16.2 Å². The lowest BCUT2D eigenvalue weighted by Crippen LogP contribution is -2.19. The molecule has 3 aromatic rings. The Hall–Kier alpha value is -4.00. The fourth-order valence-corrected chi connectivity index (χ4v) is 3.27. The van der Waals surface area contributed by atoms with E-state index in [9.17, 15) is 4.79 Å². The molecule has 0 radical (unpaired) electrons. The van der Waals surface area contributed by atoms with Gasteiger partial charge in [-0.15, -0.1) is 0 Å². The van der Waals surface area contributed by atoms with Crippen molar-refractivity contribution in [2.75, 3.05) is 19.5 Å². The van der Waals surface area contributed by atoms with Gasteiger partial charge < -0.3 is 25.5 Å². The van der Waals surface area contributed by atoms with Crippen LogP contribution in [0.1, 0.15) is 11.3 Å². The average molecular weight is 388 g/mol. The van der Waals surface area contributed by atoms with Gasteiger partial charge in [0, 0.05) is 34.9 Å². The zero-order chi connectivity index (χ0) is 20.4. The molecule has 2 aromatic carbocycles. The molecule has 2 amide bonds. The molecule has 4 rings (SSSR count). The third kappa shape index (κ3) is 3.70. The quantitative estimate of drug-likeness (QED) is 0.602. The summed E-state index contributed by atoms with van der Waals surface area (Å²) in [5.41, 5.74) is 11.5. The molecule has 0 saturated carbocycles. The number of aliphatic imine (C=N–C) groups is 1. The number of nitrogens with one attached hydrogen (secondary N) is 2. The number of rotatable bonds is 5. The Morgan fingerprint density at radius 3 is 2.66 bits per heavy atom. The maximum Gasteiger partial charge on any atom is 0.316 e. The summed E-state index contributed by atoms with van der Waals surface area (Å²) < 4.78 is 10.7. The van der Waals surface area contributed by atoms with Crippen molar-refractivity contribution in [2.45, 2.75) is 0 Å². The first-order valence-corrected chi connectivity index (χ1v) is 8.95. The van der Waals surface area contributed by atoms with Crippen LogP contribution in [0.3, 0.4) is 0 Å². The highest BCUT2D eigenvalue weighted by atomic mass is 16.5. The SMILES string of the molecule is COc1ccc(-c2c[nH]c(C=C3C=Nc4ccc(NC(N)=O)cc43)c2)cc1OC.